The van der Waals surface area contributed by atoms with Crippen LogP contribution in [0, 0.1) is 0 Å². The number of ether oxygens (including phenoxy) is 2. The highest BCUT2D eigenvalue weighted by Crippen LogP contribution is 2.58. The van der Waals surface area contributed by atoms with E-state index in [0.29, 0.717) is 5.69 Å². The molecule has 18 nitrogen and oxygen atoms in total. The van der Waals surface area contributed by atoms with Gasteiger partial charge in [-0.05, 0) is 0 Å². The fourth-order valence-corrected chi connectivity index (χ4v) is 6.58. The zero-order valence-corrected chi connectivity index (χ0v) is 21.2. The lowest BCUT2D eigenvalue weighted by molar-refractivity contribution is -0.0338. The van der Waals surface area contributed by atoms with Crippen LogP contribution in [0.4, 0.5) is 10.3 Å². The second kappa shape index (κ2) is 9.81. The number of hydrogen-bond acceptors (Lipinski definition) is 13. The van der Waals surface area contributed by atoms with E-state index in [1.54, 1.807) is 0 Å². The van der Waals surface area contributed by atoms with Gasteiger partial charge in [-0.1, -0.05) is 0 Å². The second-order valence-electron chi connectivity index (χ2n) is 9.32. The molecule has 2 aliphatic heterocycles. The maximum absolute atomic E-state index is 15.4. The van der Waals surface area contributed by atoms with E-state index in [0.717, 1.165) is 10.9 Å². The molecule has 0 spiro atoms. The number of nitrogens with two attached hydrogens (primary N) is 1. The van der Waals surface area contributed by atoms with E-state index in [2.05, 4.69) is 30.0 Å². The monoisotopic (exact) mass is 583 g/mol. The number of nitrogen functional groups attached to an aromatic ring is 1. The molecule has 0 bridgehead atoms. The Bertz CT molecular complexity index is 1740. The van der Waals surface area contributed by atoms with E-state index in [-0.39, 0.29) is 29.2 Å². The predicted octanol–water partition coefficient (Wildman–Crippen LogP) is -1.88. The number of aromatic nitrogens is 8. The number of rotatable bonds is 7. The van der Waals surface area contributed by atoms with Gasteiger partial charge in [0.25, 0.3) is 11.1 Å². The van der Waals surface area contributed by atoms with E-state index in [1.165, 1.54) is 17.0 Å². The fourth-order valence-electron chi connectivity index (χ4n) is 4.96. The first-order chi connectivity index (χ1) is 19.1. The molecular weight excluding hydrogens is 560 g/mol. The summed E-state index contributed by atoms with van der Waals surface area (Å²) in [6, 6.07) is 0. The SMILES string of the molecule is Nc1nc2c(ncn2[C@@H]2O[C@H](CO)[C@@H](F)[C@H]2P(=O)(O)OC[C@H]2O[C@@H](c3cnc4c(=O)[nH]cnn34)C[C@@H]2O)c(=O)[nH]1. The summed E-state index contributed by atoms with van der Waals surface area (Å²) in [6.07, 6.45) is -4.66. The van der Waals surface area contributed by atoms with Crippen LogP contribution in [0.2, 0.25) is 0 Å². The van der Waals surface area contributed by atoms with E-state index >= 15 is 4.39 Å². The van der Waals surface area contributed by atoms with Crippen LogP contribution in [-0.2, 0) is 18.6 Å². The largest absolute Gasteiger partial charge is 0.394 e. The molecule has 8 atom stereocenters. The first kappa shape index (κ1) is 26.6. The molecule has 4 aromatic rings. The minimum absolute atomic E-state index is 0.0140. The number of nitrogens with one attached hydrogen (secondary N) is 2. The summed E-state index contributed by atoms with van der Waals surface area (Å²) < 4.78 is 47.8. The lowest BCUT2D eigenvalue weighted by atomic mass is 10.1. The fraction of sp³-hybridized carbons (Fsp3) is 0.500. The number of aromatic amines is 2. The van der Waals surface area contributed by atoms with E-state index in [1.807, 2.05) is 0 Å². The smallest absolute Gasteiger partial charge is 0.338 e. The molecule has 6 rings (SSSR count). The summed E-state index contributed by atoms with van der Waals surface area (Å²) in [5.74, 6) is -0.277. The summed E-state index contributed by atoms with van der Waals surface area (Å²) in [5, 5.41) is 24.2. The predicted molar refractivity (Wildman–Crippen MR) is 130 cm³/mol. The van der Waals surface area contributed by atoms with Gasteiger partial charge < -0.3 is 39.8 Å². The number of aliphatic hydroxyl groups is 2. The number of fused-ring (bicyclic) bond motifs is 2. The van der Waals surface area contributed by atoms with Crippen LogP contribution in [0.5, 0.6) is 0 Å². The van der Waals surface area contributed by atoms with Crippen molar-refractivity contribution >= 4 is 30.4 Å². The van der Waals surface area contributed by atoms with Crippen molar-refractivity contribution in [3.8, 4) is 0 Å². The molecule has 6 heterocycles. The highest BCUT2D eigenvalue weighted by atomic mass is 31.2. The molecule has 2 fully saturated rings. The van der Waals surface area contributed by atoms with Crippen LogP contribution >= 0.6 is 7.60 Å². The Balaban J connectivity index is 1.23. The molecule has 0 radical (unpaired) electrons. The molecule has 0 aromatic carbocycles. The van der Waals surface area contributed by atoms with Crippen LogP contribution in [-0.4, -0.2) is 97.6 Å². The van der Waals surface area contributed by atoms with E-state index < -0.39 is 74.4 Å². The van der Waals surface area contributed by atoms with Gasteiger partial charge in [-0.25, -0.2) is 18.9 Å². The second-order valence-corrected chi connectivity index (χ2v) is 11.3. The van der Waals surface area contributed by atoms with Crippen molar-refractivity contribution in [2.24, 2.45) is 0 Å². The molecule has 0 aliphatic carbocycles. The molecular formula is C20H23FN9O9P. The highest BCUT2D eigenvalue weighted by molar-refractivity contribution is 7.53. The maximum atomic E-state index is 15.4. The minimum Gasteiger partial charge on any atom is -0.394 e. The van der Waals surface area contributed by atoms with Gasteiger partial charge in [0.1, 0.15) is 36.5 Å². The van der Waals surface area contributed by atoms with Crippen molar-refractivity contribution < 1.29 is 38.1 Å². The average Bonchev–Trinajstić information content (AvgIpc) is 3.67. The Morgan fingerprint density at radius 3 is 2.80 bits per heavy atom. The topological polar surface area (TPSA) is 258 Å². The van der Waals surface area contributed by atoms with Gasteiger partial charge in [0, 0.05) is 6.42 Å². The number of halogens is 1. The van der Waals surface area contributed by atoms with Crippen LogP contribution in [0.25, 0.3) is 16.8 Å². The molecule has 4 aromatic heterocycles. The van der Waals surface area contributed by atoms with Crippen molar-refractivity contribution in [3.63, 3.8) is 0 Å². The van der Waals surface area contributed by atoms with Crippen molar-refractivity contribution in [3.05, 3.63) is 45.3 Å². The minimum atomic E-state index is -4.92. The summed E-state index contributed by atoms with van der Waals surface area (Å²) in [5.41, 5.74) is 2.62. The van der Waals surface area contributed by atoms with Crippen molar-refractivity contribution in [1.29, 1.82) is 0 Å². The Hall–Kier alpha value is -3.58. The number of alkyl halides is 1. The van der Waals surface area contributed by atoms with E-state index in [9.17, 15) is 29.3 Å². The summed E-state index contributed by atoms with van der Waals surface area (Å²) >= 11 is 0. The van der Waals surface area contributed by atoms with Gasteiger partial charge in [-0.3, -0.25) is 23.7 Å². The summed E-state index contributed by atoms with van der Waals surface area (Å²) in [6.45, 7) is -1.44. The van der Waals surface area contributed by atoms with Crippen molar-refractivity contribution in [2.45, 2.75) is 48.9 Å². The average molecular weight is 583 g/mol. The normalized spacial score (nSPS) is 30.4. The third kappa shape index (κ3) is 4.31. The lowest BCUT2D eigenvalue weighted by Crippen LogP contribution is -2.32. The molecule has 2 aliphatic rings. The Labute approximate surface area is 221 Å². The maximum Gasteiger partial charge on any atom is 0.338 e. The Morgan fingerprint density at radius 1 is 1.23 bits per heavy atom. The zero-order valence-electron chi connectivity index (χ0n) is 20.3. The lowest BCUT2D eigenvalue weighted by Gasteiger charge is -2.26. The third-order valence-electron chi connectivity index (χ3n) is 6.88. The first-order valence-electron chi connectivity index (χ1n) is 11.9. The first-order valence-corrected chi connectivity index (χ1v) is 13.6. The number of H-pyrrole nitrogens is 2. The van der Waals surface area contributed by atoms with Crippen LogP contribution in [0.15, 0.2) is 28.4 Å². The number of aliphatic hydroxyl groups excluding tert-OH is 2. The molecule has 1 unspecified atom stereocenters. The van der Waals surface area contributed by atoms with Gasteiger partial charge in [0.05, 0.1) is 37.5 Å². The van der Waals surface area contributed by atoms with Crippen molar-refractivity contribution in [2.75, 3.05) is 18.9 Å². The van der Waals surface area contributed by atoms with Crippen LogP contribution in [0.3, 0.4) is 0 Å². The van der Waals surface area contributed by atoms with Gasteiger partial charge >= 0.3 is 7.60 Å². The third-order valence-corrected chi connectivity index (χ3v) is 8.70. The van der Waals surface area contributed by atoms with E-state index in [4.69, 9.17) is 19.7 Å². The van der Waals surface area contributed by atoms with Gasteiger partial charge in [0.2, 0.25) is 11.6 Å². The highest BCUT2D eigenvalue weighted by Gasteiger charge is 2.56. The summed E-state index contributed by atoms with van der Waals surface area (Å²) in [7, 11) is -4.92. The van der Waals surface area contributed by atoms with Crippen LogP contribution < -0.4 is 16.9 Å². The number of nitrogens with zero attached hydrogens (tertiary/aromatic N) is 6. The molecule has 7 N–H and O–H groups in total. The quantitative estimate of drug-likeness (QED) is 0.130. The van der Waals surface area contributed by atoms with Crippen LogP contribution in [0.1, 0.15) is 24.4 Å². The zero-order chi connectivity index (χ0) is 28.3. The molecule has 20 heteroatoms. The van der Waals surface area contributed by atoms with Gasteiger partial charge in [-0.15, -0.1) is 0 Å². The van der Waals surface area contributed by atoms with Crippen molar-refractivity contribution in [1.82, 2.24) is 39.1 Å². The number of imidazole rings is 2. The molecule has 0 amide bonds. The Morgan fingerprint density at radius 2 is 2.02 bits per heavy atom. The number of anilines is 1. The molecule has 40 heavy (non-hydrogen) atoms. The summed E-state index contributed by atoms with van der Waals surface area (Å²) in [4.78, 5) is 51.5. The Kier molecular flexibility index (Phi) is 6.53. The molecule has 0 saturated carbocycles. The number of hydrogen-bond donors (Lipinski definition) is 6. The standard InChI is InChI=1S/C20H23FN9O9P/c21-12-10(3-31)39-19(29-6-25-13-15(29)27-20(22)28-17(13)33)14(12)40(35,36)37-4-11-8(32)1-9(38-11)7-2-23-16-18(34)24-5-26-30(7)16/h2,5-6,8-12,14,19,31-32H,1,3-4H2,(H,35,36)(H,24,26,34)(H3,22,27,28,33)/t8-,9+,10+,11+,12+,14+,19+/m0/s1. The van der Waals surface area contributed by atoms with Gasteiger partial charge in [0.15, 0.2) is 17.4 Å². The molecule has 214 valence electrons. The molecule has 2 saturated heterocycles. The van der Waals surface area contributed by atoms with Gasteiger partial charge in [-0.2, -0.15) is 10.1 Å².